The van der Waals surface area contributed by atoms with Gasteiger partial charge in [-0.1, -0.05) is 13.3 Å². The van der Waals surface area contributed by atoms with Gasteiger partial charge in [0.15, 0.2) is 0 Å². The van der Waals surface area contributed by atoms with Crippen molar-refractivity contribution in [2.24, 2.45) is 5.73 Å². The minimum Gasteiger partial charge on any atom is -0.323 e. The third-order valence-electron chi connectivity index (χ3n) is 3.30. The number of nitrogens with two attached hydrogens (primary N) is 1. The highest BCUT2D eigenvalue weighted by atomic mass is 32.1. The van der Waals surface area contributed by atoms with Crippen molar-refractivity contribution in [1.82, 2.24) is 9.88 Å². The van der Waals surface area contributed by atoms with Crippen LogP contribution in [0.15, 0.2) is 6.20 Å². The first-order valence-electron chi connectivity index (χ1n) is 6.17. The Kier molecular flexibility index (Phi) is 3.95. The van der Waals surface area contributed by atoms with E-state index in [1.54, 1.807) is 11.3 Å². The molecule has 0 spiro atoms. The fourth-order valence-electron chi connectivity index (χ4n) is 2.31. The zero-order valence-corrected chi connectivity index (χ0v) is 11.0. The van der Waals surface area contributed by atoms with Crippen molar-refractivity contribution in [3.05, 3.63) is 16.1 Å². The monoisotopic (exact) mass is 239 g/mol. The van der Waals surface area contributed by atoms with Crippen molar-refractivity contribution in [1.29, 1.82) is 0 Å². The Hall–Kier alpha value is -0.450. The molecule has 2 atom stereocenters. The van der Waals surface area contributed by atoms with E-state index in [9.17, 15) is 0 Å². The Balaban J connectivity index is 2.14. The van der Waals surface area contributed by atoms with Crippen LogP contribution in [0.1, 0.15) is 55.1 Å². The molecule has 2 unspecified atom stereocenters. The lowest BCUT2D eigenvalue weighted by Crippen LogP contribution is -2.32. The van der Waals surface area contributed by atoms with Crippen LogP contribution in [0.4, 0.5) is 0 Å². The second-order valence-electron chi connectivity index (χ2n) is 4.53. The lowest BCUT2D eigenvalue weighted by Gasteiger charge is -2.33. The highest BCUT2D eigenvalue weighted by Gasteiger charge is 2.25. The number of thiazole rings is 1. The largest absolute Gasteiger partial charge is 0.323 e. The molecular weight excluding hydrogens is 218 g/mol. The van der Waals surface area contributed by atoms with E-state index < -0.39 is 0 Å². The highest BCUT2D eigenvalue weighted by Crippen LogP contribution is 2.33. The van der Waals surface area contributed by atoms with Crippen molar-refractivity contribution in [3.8, 4) is 0 Å². The average molecular weight is 239 g/mol. The number of hydrogen-bond donors (Lipinski definition) is 1. The number of piperidine rings is 1. The minimum atomic E-state index is 0.116. The summed E-state index contributed by atoms with van der Waals surface area (Å²) < 4.78 is 0. The smallest absolute Gasteiger partial charge is 0.110 e. The molecule has 0 amide bonds. The highest BCUT2D eigenvalue weighted by molar-refractivity contribution is 7.11. The molecule has 3 nitrogen and oxygen atoms in total. The Morgan fingerprint density at radius 2 is 2.44 bits per heavy atom. The zero-order chi connectivity index (χ0) is 11.5. The fraction of sp³-hybridized carbons (Fsp3) is 0.750. The normalized spacial score (nSPS) is 24.6. The quantitative estimate of drug-likeness (QED) is 0.882. The number of hydrogen-bond acceptors (Lipinski definition) is 4. The topological polar surface area (TPSA) is 42.2 Å². The zero-order valence-electron chi connectivity index (χ0n) is 10.1. The van der Waals surface area contributed by atoms with Gasteiger partial charge in [-0.2, -0.15) is 0 Å². The van der Waals surface area contributed by atoms with Crippen molar-refractivity contribution < 1.29 is 0 Å². The summed E-state index contributed by atoms with van der Waals surface area (Å²) in [7, 11) is 0. The number of rotatable bonds is 3. The lowest BCUT2D eigenvalue weighted by molar-refractivity contribution is 0.157. The van der Waals surface area contributed by atoms with Crippen LogP contribution in [0.25, 0.3) is 0 Å². The second-order valence-corrected chi connectivity index (χ2v) is 5.62. The maximum atomic E-state index is 5.88. The van der Waals surface area contributed by atoms with Crippen molar-refractivity contribution in [2.45, 2.75) is 45.2 Å². The van der Waals surface area contributed by atoms with E-state index in [1.807, 2.05) is 13.1 Å². The summed E-state index contributed by atoms with van der Waals surface area (Å²) in [6.45, 7) is 6.60. The van der Waals surface area contributed by atoms with Crippen LogP contribution >= 0.6 is 11.3 Å². The first kappa shape index (κ1) is 12.0. The first-order valence-corrected chi connectivity index (χ1v) is 6.99. The van der Waals surface area contributed by atoms with E-state index in [0.717, 1.165) is 6.54 Å². The van der Waals surface area contributed by atoms with Crippen LogP contribution in [0, 0.1) is 0 Å². The third kappa shape index (κ3) is 2.44. The van der Waals surface area contributed by atoms with Gasteiger partial charge in [0.25, 0.3) is 0 Å². The summed E-state index contributed by atoms with van der Waals surface area (Å²) >= 11 is 1.79. The molecule has 16 heavy (non-hydrogen) atoms. The summed E-state index contributed by atoms with van der Waals surface area (Å²) in [5, 5.41) is 1.26. The van der Waals surface area contributed by atoms with Crippen LogP contribution in [0.2, 0.25) is 0 Å². The van der Waals surface area contributed by atoms with Gasteiger partial charge in [0.05, 0.1) is 6.04 Å². The van der Waals surface area contributed by atoms with Crippen molar-refractivity contribution in [2.75, 3.05) is 13.1 Å². The standard InChI is InChI=1S/C12H21N3S/c1-3-15-7-5-4-6-10(15)12-14-8-11(16-12)9(2)13/h8-10H,3-7,13H2,1-2H3. The Morgan fingerprint density at radius 1 is 1.62 bits per heavy atom. The Bertz CT molecular complexity index is 335. The predicted molar refractivity (Wildman–Crippen MR) is 68.6 cm³/mol. The van der Waals surface area contributed by atoms with Crippen LogP contribution in [0.5, 0.6) is 0 Å². The van der Waals surface area contributed by atoms with Gasteiger partial charge in [-0.15, -0.1) is 11.3 Å². The second kappa shape index (κ2) is 5.25. The first-order chi connectivity index (χ1) is 7.72. The average Bonchev–Trinajstić information content (AvgIpc) is 2.78. The van der Waals surface area contributed by atoms with E-state index in [4.69, 9.17) is 5.73 Å². The molecule has 1 aliphatic rings. The molecule has 0 bridgehead atoms. The molecule has 1 aromatic rings. The molecular formula is C12H21N3S. The molecule has 1 saturated heterocycles. The van der Waals surface area contributed by atoms with Gasteiger partial charge in [0, 0.05) is 17.1 Å². The number of aromatic nitrogens is 1. The molecule has 2 heterocycles. The van der Waals surface area contributed by atoms with E-state index in [1.165, 1.54) is 35.7 Å². The molecule has 1 aliphatic heterocycles. The summed E-state index contributed by atoms with van der Waals surface area (Å²) in [4.78, 5) is 8.30. The van der Waals surface area contributed by atoms with E-state index in [0.29, 0.717) is 6.04 Å². The molecule has 0 aromatic carbocycles. The Morgan fingerprint density at radius 3 is 3.06 bits per heavy atom. The van der Waals surface area contributed by atoms with Gasteiger partial charge in [0.2, 0.25) is 0 Å². The molecule has 0 saturated carbocycles. The summed E-state index contributed by atoms with van der Waals surface area (Å²) in [5.41, 5.74) is 5.88. The lowest BCUT2D eigenvalue weighted by atomic mass is 10.0. The molecule has 2 N–H and O–H groups in total. The number of likely N-dealkylation sites (tertiary alicyclic amines) is 1. The summed E-state index contributed by atoms with van der Waals surface area (Å²) in [6, 6.07) is 0.654. The number of nitrogens with zero attached hydrogens (tertiary/aromatic N) is 2. The van der Waals surface area contributed by atoms with Crippen LogP contribution < -0.4 is 5.73 Å². The van der Waals surface area contributed by atoms with E-state index >= 15 is 0 Å². The molecule has 1 aromatic heterocycles. The SMILES string of the molecule is CCN1CCCCC1c1ncc(C(C)N)s1. The van der Waals surface area contributed by atoms with Crippen molar-refractivity contribution in [3.63, 3.8) is 0 Å². The molecule has 1 fully saturated rings. The van der Waals surface area contributed by atoms with Gasteiger partial charge in [-0.3, -0.25) is 4.90 Å². The van der Waals surface area contributed by atoms with E-state index in [2.05, 4.69) is 16.8 Å². The third-order valence-corrected chi connectivity index (χ3v) is 4.59. The van der Waals surface area contributed by atoms with Gasteiger partial charge >= 0.3 is 0 Å². The van der Waals surface area contributed by atoms with Gasteiger partial charge in [0.1, 0.15) is 5.01 Å². The van der Waals surface area contributed by atoms with Crippen LogP contribution in [-0.2, 0) is 0 Å². The van der Waals surface area contributed by atoms with E-state index in [-0.39, 0.29) is 6.04 Å². The predicted octanol–water partition coefficient (Wildman–Crippen LogP) is 2.71. The van der Waals surface area contributed by atoms with Gasteiger partial charge in [-0.05, 0) is 32.9 Å². The summed E-state index contributed by atoms with van der Waals surface area (Å²) in [6.07, 6.45) is 5.86. The van der Waals surface area contributed by atoms with Gasteiger partial charge in [-0.25, -0.2) is 4.98 Å². The van der Waals surface area contributed by atoms with Gasteiger partial charge < -0.3 is 5.73 Å². The molecule has 0 aliphatic carbocycles. The van der Waals surface area contributed by atoms with Crippen molar-refractivity contribution >= 4 is 11.3 Å². The molecule has 0 radical (unpaired) electrons. The fourth-order valence-corrected chi connectivity index (χ4v) is 3.36. The maximum Gasteiger partial charge on any atom is 0.110 e. The summed E-state index contributed by atoms with van der Waals surface area (Å²) in [5.74, 6) is 0. The maximum absolute atomic E-state index is 5.88. The van der Waals surface area contributed by atoms with Crippen LogP contribution in [0.3, 0.4) is 0 Å². The minimum absolute atomic E-state index is 0.116. The molecule has 4 heteroatoms. The molecule has 90 valence electrons. The van der Waals surface area contributed by atoms with Crippen LogP contribution in [-0.4, -0.2) is 23.0 Å². The molecule has 2 rings (SSSR count). The Labute approximate surface area is 102 Å².